The van der Waals surface area contributed by atoms with Crippen molar-refractivity contribution in [1.29, 1.82) is 0 Å². The predicted molar refractivity (Wildman–Crippen MR) is 134 cm³/mol. The fraction of sp³-hybridized carbons (Fsp3) is 0.556. The van der Waals surface area contributed by atoms with Crippen LogP contribution in [-0.2, 0) is 6.54 Å². The van der Waals surface area contributed by atoms with Crippen molar-refractivity contribution in [2.75, 3.05) is 26.7 Å². The van der Waals surface area contributed by atoms with E-state index in [1.54, 1.807) is 29.6 Å². The van der Waals surface area contributed by atoms with Crippen LogP contribution in [0, 0.1) is 17.8 Å². The van der Waals surface area contributed by atoms with Crippen LogP contribution in [0.2, 0.25) is 0 Å². The highest BCUT2D eigenvalue weighted by Crippen LogP contribution is 2.30. The molecular formula is C27H35N5O4. The number of aromatic nitrogens is 3. The van der Waals surface area contributed by atoms with E-state index in [1.165, 1.54) is 6.33 Å². The number of aliphatic hydroxyl groups excluding tert-OH is 1. The fourth-order valence-corrected chi connectivity index (χ4v) is 4.76. The minimum atomic E-state index is -0.975. The summed E-state index contributed by atoms with van der Waals surface area (Å²) in [6, 6.07) is 1.32. The molecule has 9 nitrogen and oxygen atoms in total. The second kappa shape index (κ2) is 11.3. The Balaban J connectivity index is 1.61. The van der Waals surface area contributed by atoms with E-state index in [9.17, 15) is 15.0 Å². The molecule has 2 aliphatic rings. The van der Waals surface area contributed by atoms with Gasteiger partial charge in [-0.15, -0.1) is 0 Å². The number of hydrogen-bond acceptors (Lipinski definition) is 8. The van der Waals surface area contributed by atoms with Crippen LogP contribution in [0.1, 0.15) is 61.0 Å². The van der Waals surface area contributed by atoms with Crippen molar-refractivity contribution < 1.29 is 19.7 Å². The fourth-order valence-electron chi connectivity index (χ4n) is 4.76. The quantitative estimate of drug-likeness (QED) is 0.587. The number of amides is 1. The number of carbonyl (C=O) groups excluding carboxylic acids is 1. The number of carbonyl (C=O) groups is 1. The Labute approximate surface area is 212 Å². The summed E-state index contributed by atoms with van der Waals surface area (Å²) in [4.78, 5) is 30.0. The monoisotopic (exact) mass is 493 g/mol. The summed E-state index contributed by atoms with van der Waals surface area (Å²) < 4.78 is 6.35. The molecule has 0 unspecified atom stereocenters. The van der Waals surface area contributed by atoms with E-state index in [2.05, 4.69) is 31.7 Å². The molecule has 1 amide bonds. The highest BCUT2D eigenvalue weighted by Gasteiger charge is 2.34. The second-order valence-electron chi connectivity index (χ2n) is 10.1. The van der Waals surface area contributed by atoms with Crippen LogP contribution in [0.15, 0.2) is 31.0 Å². The molecule has 2 N–H and O–H groups in total. The number of likely N-dealkylation sites (N-methyl/N-ethyl adjacent to an activating group) is 1. The summed E-state index contributed by atoms with van der Waals surface area (Å²) in [6.45, 7) is 5.41. The maximum absolute atomic E-state index is 13.6. The van der Waals surface area contributed by atoms with Gasteiger partial charge in [-0.1, -0.05) is 18.8 Å². The third-order valence-electron chi connectivity index (χ3n) is 6.95. The van der Waals surface area contributed by atoms with Crippen molar-refractivity contribution in [2.45, 2.75) is 63.8 Å². The molecule has 0 saturated heterocycles. The smallest absolute Gasteiger partial charge is 0.259 e. The Kier molecular flexibility index (Phi) is 8.19. The molecule has 1 saturated carbocycles. The summed E-state index contributed by atoms with van der Waals surface area (Å²) in [6.07, 6.45) is 9.66. The Bertz CT molecular complexity index is 1110. The van der Waals surface area contributed by atoms with Gasteiger partial charge in [0.15, 0.2) is 0 Å². The first-order chi connectivity index (χ1) is 17.3. The van der Waals surface area contributed by atoms with Gasteiger partial charge in [0.05, 0.1) is 12.6 Å². The van der Waals surface area contributed by atoms with Crippen molar-refractivity contribution in [2.24, 2.45) is 5.92 Å². The largest absolute Gasteiger partial charge is 0.472 e. The average Bonchev–Trinajstić information content (AvgIpc) is 3.31. The number of fused-ring (bicyclic) bond motifs is 1. The first kappa shape index (κ1) is 26.0. The number of pyridine rings is 1. The van der Waals surface area contributed by atoms with Crippen LogP contribution in [0.3, 0.4) is 0 Å². The van der Waals surface area contributed by atoms with Gasteiger partial charge in [0.1, 0.15) is 23.6 Å². The van der Waals surface area contributed by atoms with Crippen LogP contribution < -0.4 is 4.74 Å². The molecule has 3 heterocycles. The van der Waals surface area contributed by atoms with Gasteiger partial charge in [-0.05, 0) is 45.7 Å². The molecule has 0 aromatic carbocycles. The van der Waals surface area contributed by atoms with Gasteiger partial charge in [-0.2, -0.15) is 0 Å². The summed E-state index contributed by atoms with van der Waals surface area (Å²) in [5, 5.41) is 20.4. The minimum absolute atomic E-state index is 0.0107. The molecular weight excluding hydrogens is 458 g/mol. The van der Waals surface area contributed by atoms with Crippen molar-refractivity contribution in [3.05, 3.63) is 47.7 Å². The van der Waals surface area contributed by atoms with Crippen molar-refractivity contribution in [3.8, 4) is 17.7 Å². The van der Waals surface area contributed by atoms with E-state index in [-0.39, 0.29) is 36.5 Å². The minimum Gasteiger partial charge on any atom is -0.472 e. The molecule has 4 rings (SSSR count). The predicted octanol–water partition coefficient (Wildman–Crippen LogP) is 1.88. The van der Waals surface area contributed by atoms with Gasteiger partial charge >= 0.3 is 0 Å². The first-order valence-corrected chi connectivity index (χ1v) is 12.5. The van der Waals surface area contributed by atoms with E-state index in [0.717, 1.165) is 18.4 Å². The first-order valence-electron chi connectivity index (χ1n) is 12.5. The maximum Gasteiger partial charge on any atom is 0.259 e. The Morgan fingerprint density at radius 3 is 2.69 bits per heavy atom. The van der Waals surface area contributed by atoms with Gasteiger partial charge in [0.2, 0.25) is 5.88 Å². The standard InChI is InChI=1S/C27H35N5O4/c1-19-14-32(20(2)17-33)26(34)23-10-21(6-9-27(35)7-4-5-8-27)13-30-25(23)36-24(19)16-31(3)15-22-11-28-18-29-12-22/h10-13,18-20,24,33,35H,4-5,7-8,14-17H2,1-3H3/t19-,20+,24+/m0/s1. The molecule has 0 radical (unpaired) electrons. The van der Waals surface area contributed by atoms with E-state index in [0.29, 0.717) is 43.6 Å². The number of nitrogens with zero attached hydrogens (tertiary/aromatic N) is 5. The molecule has 1 fully saturated rings. The van der Waals surface area contributed by atoms with Crippen LogP contribution in [0.4, 0.5) is 0 Å². The Morgan fingerprint density at radius 1 is 1.28 bits per heavy atom. The average molecular weight is 494 g/mol. The highest BCUT2D eigenvalue weighted by atomic mass is 16.5. The molecule has 0 bridgehead atoms. The number of hydrogen-bond donors (Lipinski definition) is 2. The Hall–Kier alpha value is -3.06. The lowest BCUT2D eigenvalue weighted by Crippen LogP contribution is -2.49. The Morgan fingerprint density at radius 2 is 2.00 bits per heavy atom. The molecule has 1 aliphatic heterocycles. The maximum atomic E-state index is 13.6. The number of aliphatic hydroxyl groups is 2. The van der Waals surface area contributed by atoms with E-state index in [4.69, 9.17) is 4.74 Å². The number of ether oxygens (including phenoxy) is 1. The summed E-state index contributed by atoms with van der Waals surface area (Å²) in [5.41, 5.74) is 0.886. The third-order valence-corrected chi connectivity index (χ3v) is 6.95. The molecule has 9 heteroatoms. The van der Waals surface area contributed by atoms with Gasteiger partial charge in [0, 0.05) is 55.3 Å². The zero-order chi connectivity index (χ0) is 25.7. The van der Waals surface area contributed by atoms with Crippen molar-refractivity contribution in [3.63, 3.8) is 0 Å². The van der Waals surface area contributed by atoms with Gasteiger partial charge in [-0.25, -0.2) is 15.0 Å². The molecule has 0 spiro atoms. The topological polar surface area (TPSA) is 112 Å². The lowest BCUT2D eigenvalue weighted by molar-refractivity contribution is 0.0325. The normalized spacial score (nSPS) is 22.2. The zero-order valence-electron chi connectivity index (χ0n) is 21.2. The van der Waals surface area contributed by atoms with Crippen LogP contribution in [-0.4, -0.2) is 85.4 Å². The van der Waals surface area contributed by atoms with Crippen molar-refractivity contribution in [1.82, 2.24) is 24.8 Å². The lowest BCUT2D eigenvalue weighted by atomic mass is 9.99. The summed E-state index contributed by atoms with van der Waals surface area (Å²) in [5.74, 6) is 5.99. The summed E-state index contributed by atoms with van der Waals surface area (Å²) >= 11 is 0. The third kappa shape index (κ3) is 6.19. The molecule has 36 heavy (non-hydrogen) atoms. The van der Waals surface area contributed by atoms with E-state index in [1.807, 2.05) is 20.9 Å². The van der Waals surface area contributed by atoms with E-state index >= 15 is 0 Å². The highest BCUT2D eigenvalue weighted by molar-refractivity contribution is 5.97. The molecule has 192 valence electrons. The zero-order valence-corrected chi connectivity index (χ0v) is 21.2. The van der Waals surface area contributed by atoms with Gasteiger partial charge in [0.25, 0.3) is 5.91 Å². The van der Waals surface area contributed by atoms with Crippen LogP contribution >= 0.6 is 0 Å². The second-order valence-corrected chi connectivity index (χ2v) is 10.1. The van der Waals surface area contributed by atoms with Gasteiger partial charge in [-0.3, -0.25) is 9.69 Å². The molecule has 2 aromatic heterocycles. The van der Waals surface area contributed by atoms with Crippen LogP contribution in [0.5, 0.6) is 5.88 Å². The molecule has 2 aromatic rings. The lowest BCUT2D eigenvalue weighted by Gasteiger charge is -2.37. The number of rotatable bonds is 6. The van der Waals surface area contributed by atoms with Gasteiger partial charge < -0.3 is 19.8 Å². The molecule has 3 atom stereocenters. The van der Waals surface area contributed by atoms with Crippen LogP contribution in [0.25, 0.3) is 0 Å². The van der Waals surface area contributed by atoms with Crippen molar-refractivity contribution >= 4 is 5.91 Å². The SMILES string of the molecule is C[C@H](CO)N1C[C@H](C)[C@@H](CN(C)Cc2cncnc2)Oc2ncc(C#CC3(O)CCCC3)cc2C1=O. The molecule has 1 aliphatic carbocycles. The van der Waals surface area contributed by atoms with E-state index < -0.39 is 5.60 Å². The summed E-state index contributed by atoms with van der Waals surface area (Å²) in [7, 11) is 2.00.